The van der Waals surface area contributed by atoms with Gasteiger partial charge in [0, 0.05) is 12.5 Å². The number of benzene rings is 1. The van der Waals surface area contributed by atoms with E-state index in [9.17, 15) is 19.8 Å². The smallest absolute Gasteiger partial charge is 0.310 e. The summed E-state index contributed by atoms with van der Waals surface area (Å²) in [7, 11) is 0. The van der Waals surface area contributed by atoms with Crippen molar-refractivity contribution in [2.45, 2.75) is 65.2 Å². The van der Waals surface area contributed by atoms with Crippen LogP contribution >= 0.6 is 0 Å². The summed E-state index contributed by atoms with van der Waals surface area (Å²) in [4.78, 5) is 24.2. The Balaban J connectivity index is 2.80. The summed E-state index contributed by atoms with van der Waals surface area (Å²) in [5.41, 5.74) is 0.434. The van der Waals surface area contributed by atoms with Gasteiger partial charge in [-0.2, -0.15) is 0 Å². The van der Waals surface area contributed by atoms with Gasteiger partial charge in [0.2, 0.25) is 0 Å². The Morgan fingerprint density at radius 1 is 1.00 bits per heavy atom. The molecule has 134 valence electrons. The van der Waals surface area contributed by atoms with E-state index in [1.807, 2.05) is 6.92 Å². The normalized spacial score (nSPS) is 10.6. The summed E-state index contributed by atoms with van der Waals surface area (Å²) < 4.78 is 5.02. The van der Waals surface area contributed by atoms with Crippen LogP contribution in [0.15, 0.2) is 12.1 Å². The average Bonchev–Trinajstić information content (AvgIpc) is 2.52. The van der Waals surface area contributed by atoms with Gasteiger partial charge in [0.15, 0.2) is 5.78 Å². The van der Waals surface area contributed by atoms with E-state index in [0.717, 1.165) is 38.2 Å². The number of carbonyl (C=O) groups excluding carboxylic acids is 2. The number of esters is 1. The fraction of sp³-hybridized carbons (Fsp3) is 0.579. The number of Topliss-reactive ketones (excluding diaryl/α,β-unsaturated/α-hetero) is 1. The molecular weight excluding hydrogens is 308 g/mol. The lowest BCUT2D eigenvalue weighted by atomic mass is 9.96. The van der Waals surface area contributed by atoms with E-state index in [4.69, 9.17) is 4.74 Å². The predicted molar refractivity (Wildman–Crippen MR) is 92.4 cm³/mol. The van der Waals surface area contributed by atoms with Crippen molar-refractivity contribution in [3.8, 4) is 11.5 Å². The quantitative estimate of drug-likeness (QED) is 0.360. The van der Waals surface area contributed by atoms with Gasteiger partial charge in [0.1, 0.15) is 11.5 Å². The van der Waals surface area contributed by atoms with E-state index in [2.05, 4.69) is 6.92 Å². The fourth-order valence-corrected chi connectivity index (χ4v) is 2.57. The van der Waals surface area contributed by atoms with Crippen LogP contribution in [0.3, 0.4) is 0 Å². The Kier molecular flexibility index (Phi) is 8.90. The van der Waals surface area contributed by atoms with E-state index < -0.39 is 5.97 Å². The molecule has 0 radical (unpaired) electrons. The second-order valence-electron chi connectivity index (χ2n) is 5.98. The van der Waals surface area contributed by atoms with Crippen LogP contribution in [0, 0.1) is 0 Å². The van der Waals surface area contributed by atoms with E-state index in [0.29, 0.717) is 25.0 Å². The third-order valence-electron chi connectivity index (χ3n) is 3.77. The minimum Gasteiger partial charge on any atom is -0.508 e. The van der Waals surface area contributed by atoms with E-state index in [-0.39, 0.29) is 29.3 Å². The van der Waals surface area contributed by atoms with Crippen molar-refractivity contribution >= 4 is 11.8 Å². The van der Waals surface area contributed by atoms with Crippen LogP contribution in [0.5, 0.6) is 11.5 Å². The van der Waals surface area contributed by atoms with Gasteiger partial charge in [-0.3, -0.25) is 9.59 Å². The summed E-state index contributed by atoms with van der Waals surface area (Å²) >= 11 is 0. The molecule has 0 amide bonds. The Bertz CT molecular complexity index is 551. The van der Waals surface area contributed by atoms with Gasteiger partial charge < -0.3 is 14.9 Å². The van der Waals surface area contributed by atoms with E-state index in [1.54, 1.807) is 0 Å². The lowest BCUT2D eigenvalue weighted by molar-refractivity contribution is -0.142. The predicted octanol–water partition coefficient (Wildman–Crippen LogP) is 4.14. The van der Waals surface area contributed by atoms with Crippen molar-refractivity contribution in [2.75, 3.05) is 6.61 Å². The Hall–Kier alpha value is -2.04. The Morgan fingerprint density at radius 3 is 2.38 bits per heavy atom. The van der Waals surface area contributed by atoms with Crippen molar-refractivity contribution < 1.29 is 24.5 Å². The van der Waals surface area contributed by atoms with Crippen molar-refractivity contribution in [2.24, 2.45) is 0 Å². The topological polar surface area (TPSA) is 83.8 Å². The number of hydrogen-bond acceptors (Lipinski definition) is 5. The molecule has 1 aromatic rings. The zero-order valence-corrected chi connectivity index (χ0v) is 14.6. The lowest BCUT2D eigenvalue weighted by Gasteiger charge is -2.11. The average molecular weight is 336 g/mol. The molecule has 0 spiro atoms. The highest BCUT2D eigenvalue weighted by Crippen LogP contribution is 2.29. The van der Waals surface area contributed by atoms with Gasteiger partial charge in [-0.15, -0.1) is 0 Å². The van der Waals surface area contributed by atoms with Crippen molar-refractivity contribution in [1.29, 1.82) is 0 Å². The first kappa shape index (κ1) is 20.0. The van der Waals surface area contributed by atoms with Crippen LogP contribution in [-0.2, 0) is 16.0 Å². The Labute approximate surface area is 143 Å². The first-order valence-electron chi connectivity index (χ1n) is 8.73. The number of ketones is 1. The van der Waals surface area contributed by atoms with Crippen LogP contribution in [0.25, 0.3) is 0 Å². The number of phenolic OH excluding ortho intramolecular Hbond substituents is 2. The third kappa shape index (κ3) is 6.60. The number of rotatable bonds is 11. The maximum atomic E-state index is 12.4. The Morgan fingerprint density at radius 2 is 1.71 bits per heavy atom. The zero-order chi connectivity index (χ0) is 17.9. The summed E-state index contributed by atoms with van der Waals surface area (Å²) in [5, 5.41) is 19.7. The van der Waals surface area contributed by atoms with Gasteiger partial charge in [0.25, 0.3) is 0 Å². The van der Waals surface area contributed by atoms with Crippen molar-refractivity contribution in [3.63, 3.8) is 0 Å². The molecule has 0 atom stereocenters. The molecule has 0 aliphatic heterocycles. The molecule has 0 aliphatic carbocycles. The third-order valence-corrected chi connectivity index (χ3v) is 3.77. The van der Waals surface area contributed by atoms with Gasteiger partial charge in [-0.25, -0.2) is 0 Å². The number of hydrogen-bond donors (Lipinski definition) is 2. The molecule has 5 nitrogen and oxygen atoms in total. The molecule has 0 aliphatic rings. The summed E-state index contributed by atoms with van der Waals surface area (Å²) in [5.74, 6) is -1.14. The van der Waals surface area contributed by atoms with Gasteiger partial charge in [0.05, 0.1) is 18.6 Å². The molecule has 0 aromatic heterocycles. The zero-order valence-electron chi connectivity index (χ0n) is 14.6. The van der Waals surface area contributed by atoms with E-state index >= 15 is 0 Å². The van der Waals surface area contributed by atoms with Crippen LogP contribution in [0.2, 0.25) is 0 Å². The molecule has 0 unspecified atom stereocenters. The molecular formula is C19H28O5. The van der Waals surface area contributed by atoms with Gasteiger partial charge in [-0.1, -0.05) is 39.5 Å². The molecule has 2 N–H and O–H groups in total. The van der Waals surface area contributed by atoms with Gasteiger partial charge >= 0.3 is 5.97 Å². The molecule has 0 fully saturated rings. The standard InChI is InChI=1S/C19H28O5/c1-3-5-6-7-8-9-16(21)19-14(11-15(20)13-17(19)22)12-18(23)24-10-4-2/h11,13,20,22H,3-10,12H2,1-2H3. The van der Waals surface area contributed by atoms with E-state index in [1.165, 1.54) is 6.07 Å². The minimum atomic E-state index is -0.473. The van der Waals surface area contributed by atoms with Crippen LogP contribution < -0.4 is 0 Å². The number of unbranched alkanes of at least 4 members (excludes halogenated alkanes) is 4. The minimum absolute atomic E-state index is 0.122. The fourth-order valence-electron chi connectivity index (χ4n) is 2.57. The summed E-state index contributed by atoms with van der Waals surface area (Å²) in [6.07, 6.45) is 5.97. The summed E-state index contributed by atoms with van der Waals surface area (Å²) in [6, 6.07) is 2.47. The molecule has 0 heterocycles. The molecule has 1 aromatic carbocycles. The highest BCUT2D eigenvalue weighted by molar-refractivity contribution is 6.01. The number of phenols is 2. The second kappa shape index (κ2) is 10.7. The first-order chi connectivity index (χ1) is 11.5. The molecule has 5 heteroatoms. The molecule has 1 rings (SSSR count). The van der Waals surface area contributed by atoms with Crippen LogP contribution in [-0.4, -0.2) is 28.6 Å². The number of carbonyl (C=O) groups is 2. The second-order valence-corrected chi connectivity index (χ2v) is 5.98. The molecule has 0 saturated heterocycles. The number of aromatic hydroxyl groups is 2. The highest BCUT2D eigenvalue weighted by atomic mass is 16.5. The number of ether oxygens (including phenoxy) is 1. The highest BCUT2D eigenvalue weighted by Gasteiger charge is 2.20. The van der Waals surface area contributed by atoms with Crippen LogP contribution in [0.1, 0.15) is 74.7 Å². The molecule has 24 heavy (non-hydrogen) atoms. The monoisotopic (exact) mass is 336 g/mol. The molecule has 0 saturated carbocycles. The molecule has 0 bridgehead atoms. The largest absolute Gasteiger partial charge is 0.508 e. The van der Waals surface area contributed by atoms with Crippen molar-refractivity contribution in [3.05, 3.63) is 23.3 Å². The van der Waals surface area contributed by atoms with Crippen LogP contribution in [0.4, 0.5) is 0 Å². The summed E-state index contributed by atoms with van der Waals surface area (Å²) in [6.45, 7) is 4.33. The SMILES string of the molecule is CCCCCCCC(=O)c1c(O)cc(O)cc1CC(=O)OCCC. The maximum Gasteiger partial charge on any atom is 0.310 e. The lowest BCUT2D eigenvalue weighted by Crippen LogP contribution is -2.12. The maximum absolute atomic E-state index is 12.4. The van der Waals surface area contributed by atoms with Crippen molar-refractivity contribution in [1.82, 2.24) is 0 Å². The first-order valence-corrected chi connectivity index (χ1v) is 8.73. The van der Waals surface area contributed by atoms with Gasteiger partial charge in [-0.05, 0) is 24.5 Å².